The van der Waals surface area contributed by atoms with Crippen LogP contribution in [0.5, 0.6) is 0 Å². The average molecular weight is 831 g/mol. The van der Waals surface area contributed by atoms with Gasteiger partial charge in [0.1, 0.15) is 19.8 Å². The summed E-state index contributed by atoms with van der Waals surface area (Å²) in [5, 5.41) is 0. The van der Waals surface area contributed by atoms with Crippen LogP contribution in [0.15, 0.2) is 36.5 Å². The fourth-order valence-electron chi connectivity index (χ4n) is 7.79. The van der Waals surface area contributed by atoms with E-state index in [9.17, 15) is 0 Å². The number of hydrogen-bond donors (Lipinski definition) is 0. The van der Waals surface area contributed by atoms with Gasteiger partial charge in [0.05, 0.1) is 21.1 Å². The number of ether oxygens (including phenoxy) is 3. The van der Waals surface area contributed by atoms with Crippen molar-refractivity contribution in [1.29, 1.82) is 0 Å². The number of allylic oxidation sites excluding steroid dienone is 6. The van der Waals surface area contributed by atoms with Crippen molar-refractivity contribution in [3.63, 3.8) is 0 Å². The van der Waals surface area contributed by atoms with Gasteiger partial charge >= 0.3 is 0 Å². The van der Waals surface area contributed by atoms with E-state index in [0.29, 0.717) is 19.8 Å². The molecule has 0 aromatic carbocycles. The molecule has 4 heteroatoms. The van der Waals surface area contributed by atoms with Crippen molar-refractivity contribution in [3.8, 4) is 0 Å². The third kappa shape index (κ3) is 40.9. The van der Waals surface area contributed by atoms with E-state index in [2.05, 4.69) is 78.4 Å². The van der Waals surface area contributed by atoms with Crippen LogP contribution in [0.25, 0.3) is 0 Å². The van der Waals surface area contributed by atoms with Crippen LogP contribution in [-0.2, 0) is 14.2 Å². The summed E-state index contributed by atoms with van der Waals surface area (Å²) >= 11 is 0. The first-order valence-corrected chi connectivity index (χ1v) is 26.4. The second-order valence-corrected chi connectivity index (χ2v) is 19.1. The lowest BCUT2D eigenvalue weighted by Gasteiger charge is -2.45. The fourth-order valence-corrected chi connectivity index (χ4v) is 7.79. The molecule has 0 bridgehead atoms. The Bertz CT molecular complexity index is 787. The Hall–Kier alpha value is -0.940. The minimum Gasteiger partial charge on any atom is -0.375 e. The molecule has 0 fully saturated rings. The largest absolute Gasteiger partial charge is 0.375 e. The van der Waals surface area contributed by atoms with Crippen LogP contribution in [0.2, 0.25) is 0 Å². The van der Waals surface area contributed by atoms with E-state index >= 15 is 0 Å². The third-order valence-electron chi connectivity index (χ3n) is 12.4. The van der Waals surface area contributed by atoms with Crippen LogP contribution in [-0.4, -0.2) is 70.8 Å². The number of likely N-dealkylation sites (N-methyl/N-ethyl adjacent to an activating group) is 1. The molecule has 59 heavy (non-hydrogen) atoms. The van der Waals surface area contributed by atoms with E-state index in [4.69, 9.17) is 14.2 Å². The van der Waals surface area contributed by atoms with Crippen LogP contribution in [0.1, 0.15) is 252 Å². The zero-order valence-corrected chi connectivity index (χ0v) is 41.3. The lowest BCUT2D eigenvalue weighted by molar-refractivity contribution is -0.926. The summed E-state index contributed by atoms with van der Waals surface area (Å²) in [6, 6.07) is 0. The number of unbranched alkanes of at least 4 members (excludes halogenated alkanes) is 30. The van der Waals surface area contributed by atoms with Crippen molar-refractivity contribution in [2.75, 3.05) is 60.8 Å². The van der Waals surface area contributed by atoms with Gasteiger partial charge in [-0.05, 0) is 96.3 Å². The van der Waals surface area contributed by atoms with Crippen LogP contribution < -0.4 is 0 Å². The molecule has 0 saturated carbocycles. The Labute approximate surface area is 372 Å². The van der Waals surface area contributed by atoms with Crippen molar-refractivity contribution in [2.24, 2.45) is 0 Å². The lowest BCUT2D eigenvalue weighted by atomic mass is 9.98. The summed E-state index contributed by atoms with van der Waals surface area (Å²) in [5.74, 6) is 0. The van der Waals surface area contributed by atoms with E-state index in [1.165, 1.54) is 212 Å². The molecular formula is C55H108NO3+. The van der Waals surface area contributed by atoms with Crippen LogP contribution in [0.3, 0.4) is 0 Å². The maximum Gasteiger partial charge on any atom is 0.169 e. The average Bonchev–Trinajstić information content (AvgIpc) is 3.22. The van der Waals surface area contributed by atoms with Crippen molar-refractivity contribution in [2.45, 2.75) is 257 Å². The molecule has 0 N–H and O–H groups in total. The maximum absolute atomic E-state index is 6.50. The van der Waals surface area contributed by atoms with Crippen molar-refractivity contribution in [3.05, 3.63) is 36.5 Å². The number of rotatable bonds is 49. The van der Waals surface area contributed by atoms with E-state index in [1.54, 1.807) is 0 Å². The van der Waals surface area contributed by atoms with Crippen molar-refractivity contribution in [1.82, 2.24) is 0 Å². The van der Waals surface area contributed by atoms with Crippen LogP contribution in [0.4, 0.5) is 0 Å². The predicted octanol–water partition coefficient (Wildman–Crippen LogP) is 17.3. The first-order chi connectivity index (χ1) is 28.9. The second-order valence-electron chi connectivity index (χ2n) is 19.1. The maximum atomic E-state index is 6.50. The Morgan fingerprint density at radius 1 is 0.288 bits per heavy atom. The number of hydrogen-bond acceptors (Lipinski definition) is 3. The normalized spacial score (nSPS) is 12.7. The Morgan fingerprint density at radius 2 is 0.492 bits per heavy atom. The Balaban J connectivity index is 4.53. The number of quaternary nitrogens is 1. The first kappa shape index (κ1) is 58.1. The van der Waals surface area contributed by atoms with E-state index < -0.39 is 0 Å². The molecule has 0 aromatic rings. The Kier molecular flexibility index (Phi) is 45.8. The molecule has 0 heterocycles. The molecule has 0 spiro atoms. The van der Waals surface area contributed by atoms with E-state index in [1.807, 2.05) is 0 Å². The van der Waals surface area contributed by atoms with Crippen LogP contribution >= 0.6 is 0 Å². The molecule has 0 saturated heterocycles. The van der Waals surface area contributed by atoms with Gasteiger partial charge < -0.3 is 18.7 Å². The molecule has 0 atom stereocenters. The molecule has 0 unspecified atom stereocenters. The van der Waals surface area contributed by atoms with Gasteiger partial charge in [-0.25, -0.2) is 0 Å². The van der Waals surface area contributed by atoms with Crippen LogP contribution in [0, 0.1) is 0 Å². The minimum absolute atomic E-state index is 0.198. The molecule has 350 valence electrons. The molecule has 4 nitrogen and oxygen atoms in total. The second kappa shape index (κ2) is 46.6. The molecule has 0 aromatic heterocycles. The van der Waals surface area contributed by atoms with E-state index in [0.717, 1.165) is 43.6 Å². The number of nitrogens with zero attached hydrogens (tertiary/aromatic N) is 1. The molecule has 0 rings (SSSR count). The predicted molar refractivity (Wildman–Crippen MR) is 264 cm³/mol. The van der Waals surface area contributed by atoms with Gasteiger partial charge in [-0.3, -0.25) is 0 Å². The Morgan fingerprint density at radius 3 is 0.712 bits per heavy atom. The van der Waals surface area contributed by atoms with Gasteiger partial charge in [-0.2, -0.15) is 0 Å². The van der Waals surface area contributed by atoms with Gasteiger partial charge in [-0.15, -0.1) is 0 Å². The monoisotopic (exact) mass is 831 g/mol. The third-order valence-corrected chi connectivity index (χ3v) is 12.4. The lowest BCUT2D eigenvalue weighted by Crippen LogP contribution is -2.65. The smallest absolute Gasteiger partial charge is 0.169 e. The van der Waals surface area contributed by atoms with Gasteiger partial charge in [0, 0.05) is 19.8 Å². The molecule has 0 aliphatic heterocycles. The van der Waals surface area contributed by atoms with Gasteiger partial charge in [0.15, 0.2) is 5.54 Å². The minimum atomic E-state index is -0.198. The molecule has 0 aliphatic rings. The summed E-state index contributed by atoms with van der Waals surface area (Å²) in [4.78, 5) is 0. The highest BCUT2D eigenvalue weighted by atomic mass is 16.5. The summed E-state index contributed by atoms with van der Waals surface area (Å²) in [5.41, 5.74) is -0.198. The molecular weight excluding hydrogens is 723 g/mol. The molecule has 0 aliphatic carbocycles. The quantitative estimate of drug-likeness (QED) is 0.0347. The topological polar surface area (TPSA) is 27.7 Å². The summed E-state index contributed by atoms with van der Waals surface area (Å²) in [6.07, 6.45) is 61.8. The highest BCUT2D eigenvalue weighted by Crippen LogP contribution is 2.23. The fraction of sp³-hybridized carbons (Fsp3) is 0.891. The van der Waals surface area contributed by atoms with Gasteiger partial charge in [0.2, 0.25) is 0 Å². The zero-order chi connectivity index (χ0) is 43.1. The van der Waals surface area contributed by atoms with Crippen molar-refractivity contribution < 1.29 is 18.7 Å². The van der Waals surface area contributed by atoms with Crippen molar-refractivity contribution >= 4 is 0 Å². The first-order valence-electron chi connectivity index (χ1n) is 26.4. The zero-order valence-electron chi connectivity index (χ0n) is 41.3. The summed E-state index contributed by atoms with van der Waals surface area (Å²) in [6.45, 7) is 11.5. The standard InChI is InChI=1S/C55H108NO3/c1-7-10-13-16-19-22-25-28-31-34-37-40-43-46-49-57-52-55(56(4,5)6,53-58-50-47-44-41-38-35-32-29-26-23-20-17-14-11-8-2)54-59-51-48-45-42-39-36-33-30-27-24-21-18-15-12-9-3/h22-27H,7-21,28-54H2,1-6H3/q+1/b25-22-,26-23-,27-24-. The highest BCUT2D eigenvalue weighted by molar-refractivity contribution is 4.83. The van der Waals surface area contributed by atoms with E-state index in [-0.39, 0.29) is 5.54 Å². The summed E-state index contributed by atoms with van der Waals surface area (Å²) < 4.78 is 20.3. The molecule has 0 radical (unpaired) electrons. The SMILES string of the molecule is CCCCCC/C=C\CCCCCCCCOCC(COCCCCCCCC/C=C\CCCCCC)(COCCCCCCCC/C=C\CCCCCC)[N+](C)(C)C. The highest BCUT2D eigenvalue weighted by Gasteiger charge is 2.44. The molecule has 0 amide bonds. The van der Waals surface area contributed by atoms with Gasteiger partial charge in [0.25, 0.3) is 0 Å². The summed E-state index contributed by atoms with van der Waals surface area (Å²) in [7, 11) is 6.92. The van der Waals surface area contributed by atoms with Gasteiger partial charge in [-0.1, -0.05) is 192 Å².